The van der Waals surface area contributed by atoms with Crippen molar-refractivity contribution in [1.29, 1.82) is 0 Å². The molecule has 13 heavy (non-hydrogen) atoms. The Morgan fingerprint density at radius 1 is 1.38 bits per heavy atom. The normalized spacial score (nSPS) is 34.4. The molecule has 0 aromatic heterocycles. The predicted molar refractivity (Wildman–Crippen MR) is 54.6 cm³/mol. The van der Waals surface area contributed by atoms with Gasteiger partial charge >= 0.3 is 0 Å². The van der Waals surface area contributed by atoms with E-state index in [9.17, 15) is 0 Å². The van der Waals surface area contributed by atoms with Gasteiger partial charge in [-0.1, -0.05) is 23.8 Å². The third kappa shape index (κ3) is 2.22. The van der Waals surface area contributed by atoms with E-state index < -0.39 is 0 Å². The zero-order valence-corrected chi connectivity index (χ0v) is 8.33. The topological polar surface area (TPSA) is 9.23 Å². The Kier molecular flexibility index (Phi) is 2.84. The Balaban J connectivity index is 1.93. The summed E-state index contributed by atoms with van der Waals surface area (Å²) in [6.07, 6.45) is 12.2. The highest BCUT2D eigenvalue weighted by atomic mass is 16.5. The van der Waals surface area contributed by atoms with E-state index >= 15 is 0 Å². The molecule has 2 aliphatic rings. The van der Waals surface area contributed by atoms with E-state index in [2.05, 4.69) is 25.2 Å². The third-order valence-corrected chi connectivity index (χ3v) is 3.10. The number of ether oxygens (including phenoxy) is 1. The minimum atomic E-state index is 0.495. The molecule has 0 spiro atoms. The standard InChI is InChI=1S/C12H18O/c1-10-7-8-13-12(9-10)11-5-3-2-4-6-11/h2-3,7,11-12H,4-6,8-9H2,1H3. The second-order valence-corrected chi connectivity index (χ2v) is 4.17. The van der Waals surface area contributed by atoms with Crippen LogP contribution in [0.25, 0.3) is 0 Å². The number of hydrogen-bond donors (Lipinski definition) is 0. The number of rotatable bonds is 1. The van der Waals surface area contributed by atoms with Crippen molar-refractivity contribution in [3.05, 3.63) is 23.8 Å². The lowest BCUT2D eigenvalue weighted by Gasteiger charge is -2.30. The van der Waals surface area contributed by atoms with E-state index in [1.165, 1.54) is 24.8 Å². The van der Waals surface area contributed by atoms with Crippen molar-refractivity contribution in [3.8, 4) is 0 Å². The summed E-state index contributed by atoms with van der Waals surface area (Å²) in [7, 11) is 0. The van der Waals surface area contributed by atoms with Gasteiger partial charge in [-0.15, -0.1) is 0 Å². The van der Waals surface area contributed by atoms with Crippen molar-refractivity contribution >= 4 is 0 Å². The van der Waals surface area contributed by atoms with Gasteiger partial charge in [0.15, 0.2) is 0 Å². The summed E-state index contributed by atoms with van der Waals surface area (Å²) >= 11 is 0. The number of allylic oxidation sites excluding steroid dienone is 2. The second-order valence-electron chi connectivity index (χ2n) is 4.17. The van der Waals surface area contributed by atoms with E-state index in [0.717, 1.165) is 18.9 Å². The molecular formula is C12H18O. The molecule has 1 heteroatoms. The van der Waals surface area contributed by atoms with Crippen LogP contribution in [0.3, 0.4) is 0 Å². The average Bonchev–Trinajstić information content (AvgIpc) is 2.19. The van der Waals surface area contributed by atoms with E-state index in [4.69, 9.17) is 4.74 Å². The Morgan fingerprint density at radius 3 is 3.00 bits per heavy atom. The summed E-state index contributed by atoms with van der Waals surface area (Å²) in [5, 5.41) is 0. The summed E-state index contributed by atoms with van der Waals surface area (Å²) < 4.78 is 5.78. The smallest absolute Gasteiger partial charge is 0.0654 e. The maximum absolute atomic E-state index is 5.78. The van der Waals surface area contributed by atoms with Crippen molar-refractivity contribution in [2.75, 3.05) is 6.61 Å². The molecule has 0 bridgehead atoms. The molecule has 1 nitrogen and oxygen atoms in total. The molecular weight excluding hydrogens is 160 g/mol. The Bertz CT molecular complexity index is 227. The zero-order chi connectivity index (χ0) is 9.10. The molecule has 72 valence electrons. The van der Waals surface area contributed by atoms with Crippen LogP contribution in [-0.4, -0.2) is 12.7 Å². The predicted octanol–water partition coefficient (Wildman–Crippen LogP) is 3.08. The van der Waals surface area contributed by atoms with Gasteiger partial charge in [0.05, 0.1) is 12.7 Å². The van der Waals surface area contributed by atoms with Crippen molar-refractivity contribution in [3.63, 3.8) is 0 Å². The number of hydrogen-bond acceptors (Lipinski definition) is 1. The van der Waals surface area contributed by atoms with Crippen LogP contribution in [0.15, 0.2) is 23.8 Å². The maximum Gasteiger partial charge on any atom is 0.0654 e. The van der Waals surface area contributed by atoms with E-state index in [1.54, 1.807) is 0 Å². The minimum Gasteiger partial charge on any atom is -0.374 e. The van der Waals surface area contributed by atoms with E-state index in [-0.39, 0.29) is 0 Å². The van der Waals surface area contributed by atoms with Gasteiger partial charge in [0.2, 0.25) is 0 Å². The van der Waals surface area contributed by atoms with Gasteiger partial charge in [0.25, 0.3) is 0 Å². The summed E-state index contributed by atoms with van der Waals surface area (Å²) in [5.74, 6) is 0.772. The molecule has 1 aliphatic carbocycles. The van der Waals surface area contributed by atoms with Gasteiger partial charge < -0.3 is 4.74 Å². The first-order chi connectivity index (χ1) is 6.36. The Labute approximate surface area is 80.5 Å². The molecule has 2 unspecified atom stereocenters. The molecule has 0 radical (unpaired) electrons. The second kappa shape index (κ2) is 4.10. The van der Waals surface area contributed by atoms with Crippen LogP contribution < -0.4 is 0 Å². The lowest BCUT2D eigenvalue weighted by Crippen LogP contribution is -2.27. The Hall–Kier alpha value is -0.560. The van der Waals surface area contributed by atoms with Crippen molar-refractivity contribution in [2.24, 2.45) is 5.92 Å². The van der Waals surface area contributed by atoms with Crippen molar-refractivity contribution in [1.82, 2.24) is 0 Å². The van der Waals surface area contributed by atoms with E-state index in [1.807, 2.05) is 0 Å². The molecule has 1 aliphatic heterocycles. The summed E-state index contributed by atoms with van der Waals surface area (Å²) in [5.41, 5.74) is 1.51. The summed E-state index contributed by atoms with van der Waals surface area (Å²) in [6.45, 7) is 3.05. The molecule has 2 rings (SSSR count). The summed E-state index contributed by atoms with van der Waals surface area (Å²) in [6, 6.07) is 0. The van der Waals surface area contributed by atoms with Gasteiger partial charge in [-0.3, -0.25) is 0 Å². The molecule has 0 amide bonds. The first-order valence-corrected chi connectivity index (χ1v) is 5.28. The van der Waals surface area contributed by atoms with Crippen LogP contribution in [0.4, 0.5) is 0 Å². The molecule has 0 fully saturated rings. The quantitative estimate of drug-likeness (QED) is 0.561. The third-order valence-electron chi connectivity index (χ3n) is 3.10. The fourth-order valence-electron chi connectivity index (χ4n) is 2.23. The highest BCUT2D eigenvalue weighted by Gasteiger charge is 2.24. The highest BCUT2D eigenvalue weighted by Crippen LogP contribution is 2.29. The van der Waals surface area contributed by atoms with Gasteiger partial charge in [-0.2, -0.15) is 0 Å². The van der Waals surface area contributed by atoms with Crippen molar-refractivity contribution in [2.45, 2.75) is 38.7 Å². The molecule has 0 N–H and O–H groups in total. The molecule has 1 heterocycles. The fourth-order valence-corrected chi connectivity index (χ4v) is 2.23. The summed E-state index contributed by atoms with van der Waals surface area (Å²) in [4.78, 5) is 0. The molecule has 0 saturated heterocycles. The first kappa shape index (κ1) is 9.01. The fraction of sp³-hybridized carbons (Fsp3) is 0.667. The van der Waals surface area contributed by atoms with Crippen LogP contribution in [0.5, 0.6) is 0 Å². The molecule has 0 saturated carbocycles. The molecule has 0 aromatic carbocycles. The van der Waals surface area contributed by atoms with E-state index in [0.29, 0.717) is 6.10 Å². The van der Waals surface area contributed by atoms with Gasteiger partial charge in [0, 0.05) is 0 Å². The van der Waals surface area contributed by atoms with Crippen LogP contribution in [0.2, 0.25) is 0 Å². The van der Waals surface area contributed by atoms with Crippen LogP contribution >= 0.6 is 0 Å². The molecule has 2 atom stereocenters. The van der Waals surface area contributed by atoms with Crippen LogP contribution in [0, 0.1) is 5.92 Å². The van der Waals surface area contributed by atoms with Crippen LogP contribution in [-0.2, 0) is 4.74 Å². The minimum absolute atomic E-state index is 0.495. The highest BCUT2D eigenvalue weighted by molar-refractivity contribution is 5.05. The monoisotopic (exact) mass is 178 g/mol. The zero-order valence-electron chi connectivity index (χ0n) is 8.33. The molecule has 0 aromatic rings. The SMILES string of the molecule is CC1=CCOC(C2CC=CCC2)C1. The lowest BCUT2D eigenvalue weighted by atomic mass is 9.86. The van der Waals surface area contributed by atoms with Gasteiger partial charge in [0.1, 0.15) is 0 Å². The maximum atomic E-state index is 5.78. The lowest BCUT2D eigenvalue weighted by molar-refractivity contribution is 0.0175. The van der Waals surface area contributed by atoms with Crippen LogP contribution in [0.1, 0.15) is 32.6 Å². The average molecular weight is 178 g/mol. The van der Waals surface area contributed by atoms with Gasteiger partial charge in [-0.25, -0.2) is 0 Å². The Morgan fingerprint density at radius 2 is 2.31 bits per heavy atom. The van der Waals surface area contributed by atoms with Crippen molar-refractivity contribution < 1.29 is 4.74 Å². The van der Waals surface area contributed by atoms with Gasteiger partial charge in [-0.05, 0) is 38.5 Å². The largest absolute Gasteiger partial charge is 0.374 e. The first-order valence-electron chi connectivity index (χ1n) is 5.28.